The molecule has 1 aliphatic carbocycles. The third-order valence-corrected chi connectivity index (χ3v) is 3.87. The molecule has 1 aromatic rings. The van der Waals surface area contributed by atoms with E-state index in [0.717, 1.165) is 18.5 Å². The molecule has 3 atom stereocenters. The minimum absolute atomic E-state index is 0.191. The van der Waals surface area contributed by atoms with Crippen LogP contribution in [0.2, 0.25) is 0 Å². The summed E-state index contributed by atoms with van der Waals surface area (Å²) >= 11 is 0. The maximum Gasteiger partial charge on any atom is 0.0888 e. The molecule has 1 aliphatic rings. The molecule has 4 heteroatoms. The van der Waals surface area contributed by atoms with Crippen LogP contribution in [0.5, 0.6) is 0 Å². The van der Waals surface area contributed by atoms with Crippen molar-refractivity contribution in [1.29, 1.82) is 0 Å². The fraction of sp³-hybridized carbons (Fsp3) is 0.692. The average Bonchev–Trinajstić information content (AvgIpc) is 2.38. The summed E-state index contributed by atoms with van der Waals surface area (Å²) in [5.41, 5.74) is 6.90. The van der Waals surface area contributed by atoms with Gasteiger partial charge in [0, 0.05) is 19.5 Å². The number of ether oxygens (including phenoxy) is 1. The molecule has 1 heterocycles. The molecule has 2 N–H and O–H groups in total. The summed E-state index contributed by atoms with van der Waals surface area (Å²) in [6.07, 6.45) is 9.53. The maximum atomic E-state index is 6.35. The van der Waals surface area contributed by atoms with Crippen molar-refractivity contribution >= 4 is 0 Å². The quantitative estimate of drug-likeness (QED) is 0.871. The highest BCUT2D eigenvalue weighted by Gasteiger charge is 2.41. The van der Waals surface area contributed by atoms with Gasteiger partial charge in [-0.05, 0) is 18.8 Å². The van der Waals surface area contributed by atoms with Gasteiger partial charge in [0.2, 0.25) is 0 Å². The number of hydrogen-bond acceptors (Lipinski definition) is 4. The minimum atomic E-state index is -0.270. The largest absolute Gasteiger partial charge is 0.376 e. The van der Waals surface area contributed by atoms with Crippen LogP contribution >= 0.6 is 0 Å². The third-order valence-electron chi connectivity index (χ3n) is 3.87. The van der Waals surface area contributed by atoms with E-state index in [-0.39, 0.29) is 11.6 Å². The van der Waals surface area contributed by atoms with Gasteiger partial charge in [0.05, 0.1) is 23.5 Å². The zero-order valence-corrected chi connectivity index (χ0v) is 10.6. The summed E-state index contributed by atoms with van der Waals surface area (Å²) in [6, 6.07) is -0.191. The molecule has 94 valence electrons. The molecule has 0 amide bonds. The molecule has 1 fully saturated rings. The standard InChI is InChI=1S/C13H21N3O/c1-10-4-3-5-13(8-10,17-2)12(14)11-9-15-6-7-16-11/h6-7,9-10,12H,3-5,8,14H2,1-2H3. The van der Waals surface area contributed by atoms with Crippen LogP contribution in [0.25, 0.3) is 0 Å². The Labute approximate surface area is 103 Å². The summed E-state index contributed by atoms with van der Waals surface area (Å²) < 4.78 is 5.77. The monoisotopic (exact) mass is 235 g/mol. The van der Waals surface area contributed by atoms with Gasteiger partial charge in [-0.2, -0.15) is 0 Å². The van der Waals surface area contributed by atoms with Crippen molar-refractivity contribution in [3.8, 4) is 0 Å². The summed E-state index contributed by atoms with van der Waals surface area (Å²) in [5, 5.41) is 0. The zero-order valence-electron chi connectivity index (χ0n) is 10.6. The van der Waals surface area contributed by atoms with E-state index in [0.29, 0.717) is 5.92 Å². The van der Waals surface area contributed by atoms with Crippen molar-refractivity contribution < 1.29 is 4.74 Å². The first-order valence-electron chi connectivity index (χ1n) is 6.24. The van der Waals surface area contributed by atoms with Crippen molar-refractivity contribution in [3.05, 3.63) is 24.3 Å². The van der Waals surface area contributed by atoms with Crippen molar-refractivity contribution in [2.24, 2.45) is 11.7 Å². The lowest BCUT2D eigenvalue weighted by molar-refractivity contribution is -0.0727. The predicted octanol–water partition coefficient (Wildman–Crippen LogP) is 2.07. The van der Waals surface area contributed by atoms with Crippen LogP contribution in [-0.4, -0.2) is 22.7 Å². The maximum absolute atomic E-state index is 6.35. The number of nitrogens with two attached hydrogens (primary N) is 1. The molecule has 1 aromatic heterocycles. The van der Waals surface area contributed by atoms with Crippen molar-refractivity contribution in [1.82, 2.24) is 9.97 Å². The Bertz CT molecular complexity index is 357. The van der Waals surface area contributed by atoms with Gasteiger partial charge in [0.25, 0.3) is 0 Å². The smallest absolute Gasteiger partial charge is 0.0888 e. The van der Waals surface area contributed by atoms with Crippen LogP contribution in [0, 0.1) is 5.92 Å². The van der Waals surface area contributed by atoms with E-state index < -0.39 is 0 Å². The van der Waals surface area contributed by atoms with Crippen LogP contribution < -0.4 is 5.73 Å². The third kappa shape index (κ3) is 2.48. The van der Waals surface area contributed by atoms with Crippen LogP contribution in [0.1, 0.15) is 44.3 Å². The first kappa shape index (κ1) is 12.5. The zero-order chi connectivity index (χ0) is 12.3. The van der Waals surface area contributed by atoms with Gasteiger partial charge < -0.3 is 10.5 Å². The van der Waals surface area contributed by atoms with E-state index in [1.54, 1.807) is 25.7 Å². The predicted molar refractivity (Wildman–Crippen MR) is 66.3 cm³/mol. The van der Waals surface area contributed by atoms with Crippen LogP contribution in [0.4, 0.5) is 0 Å². The Morgan fingerprint density at radius 2 is 2.35 bits per heavy atom. The minimum Gasteiger partial charge on any atom is -0.376 e. The molecule has 0 aromatic carbocycles. The highest BCUT2D eigenvalue weighted by atomic mass is 16.5. The van der Waals surface area contributed by atoms with E-state index >= 15 is 0 Å². The van der Waals surface area contributed by atoms with Crippen molar-refractivity contribution in [3.63, 3.8) is 0 Å². The molecule has 3 unspecified atom stereocenters. The van der Waals surface area contributed by atoms with E-state index in [2.05, 4.69) is 16.9 Å². The lowest BCUT2D eigenvalue weighted by atomic mass is 9.74. The van der Waals surface area contributed by atoms with Gasteiger partial charge in [-0.1, -0.05) is 19.8 Å². The lowest BCUT2D eigenvalue weighted by Crippen LogP contribution is -2.46. The van der Waals surface area contributed by atoms with E-state index in [4.69, 9.17) is 10.5 Å². The molecule has 0 bridgehead atoms. The van der Waals surface area contributed by atoms with Crippen molar-refractivity contribution in [2.75, 3.05) is 7.11 Å². The SMILES string of the molecule is COC1(C(N)c2cnccn2)CCCC(C)C1. The van der Waals surface area contributed by atoms with Crippen LogP contribution in [0.3, 0.4) is 0 Å². The molecular formula is C13H21N3O. The van der Waals surface area contributed by atoms with Gasteiger partial charge in [-0.25, -0.2) is 0 Å². The Morgan fingerprint density at radius 3 is 2.94 bits per heavy atom. The second-order valence-electron chi connectivity index (χ2n) is 5.08. The fourth-order valence-corrected chi connectivity index (χ4v) is 2.88. The van der Waals surface area contributed by atoms with E-state index in [1.165, 1.54) is 12.8 Å². The molecule has 17 heavy (non-hydrogen) atoms. The summed E-state index contributed by atoms with van der Waals surface area (Å²) in [4.78, 5) is 8.39. The second kappa shape index (κ2) is 5.10. The Kier molecular flexibility index (Phi) is 3.74. The highest BCUT2D eigenvalue weighted by Crippen LogP contribution is 2.41. The second-order valence-corrected chi connectivity index (χ2v) is 5.08. The number of rotatable bonds is 3. The topological polar surface area (TPSA) is 61.0 Å². The number of hydrogen-bond donors (Lipinski definition) is 1. The van der Waals surface area contributed by atoms with Crippen LogP contribution in [-0.2, 0) is 4.74 Å². The van der Waals surface area contributed by atoms with Crippen LogP contribution in [0.15, 0.2) is 18.6 Å². The number of methoxy groups -OCH3 is 1. The Balaban J connectivity index is 2.23. The molecule has 0 aliphatic heterocycles. The Morgan fingerprint density at radius 1 is 1.53 bits per heavy atom. The van der Waals surface area contributed by atoms with E-state index in [9.17, 15) is 0 Å². The number of nitrogens with zero attached hydrogens (tertiary/aromatic N) is 2. The normalized spacial score (nSPS) is 31.1. The first-order valence-corrected chi connectivity index (χ1v) is 6.24. The molecule has 0 radical (unpaired) electrons. The van der Waals surface area contributed by atoms with Crippen molar-refractivity contribution in [2.45, 2.75) is 44.2 Å². The first-order chi connectivity index (χ1) is 8.18. The number of aromatic nitrogens is 2. The van der Waals surface area contributed by atoms with Gasteiger partial charge in [-0.15, -0.1) is 0 Å². The van der Waals surface area contributed by atoms with Gasteiger partial charge >= 0.3 is 0 Å². The molecule has 4 nitrogen and oxygen atoms in total. The summed E-state index contributed by atoms with van der Waals surface area (Å²) in [5.74, 6) is 0.659. The molecule has 1 saturated carbocycles. The summed E-state index contributed by atoms with van der Waals surface area (Å²) in [7, 11) is 1.76. The highest BCUT2D eigenvalue weighted by molar-refractivity contribution is 5.10. The molecule has 0 spiro atoms. The van der Waals surface area contributed by atoms with Gasteiger partial charge in [-0.3, -0.25) is 9.97 Å². The fourth-order valence-electron chi connectivity index (χ4n) is 2.88. The summed E-state index contributed by atoms with van der Waals surface area (Å²) in [6.45, 7) is 2.26. The molecule has 0 saturated heterocycles. The van der Waals surface area contributed by atoms with Gasteiger partial charge in [0.1, 0.15) is 0 Å². The lowest BCUT2D eigenvalue weighted by Gasteiger charge is -2.42. The molecular weight excluding hydrogens is 214 g/mol. The Hall–Kier alpha value is -1.00. The van der Waals surface area contributed by atoms with E-state index in [1.807, 2.05) is 0 Å². The van der Waals surface area contributed by atoms with Gasteiger partial charge in [0.15, 0.2) is 0 Å². The molecule has 2 rings (SSSR count). The average molecular weight is 235 g/mol.